The lowest BCUT2D eigenvalue weighted by Crippen LogP contribution is -2.30. The van der Waals surface area contributed by atoms with E-state index in [0.29, 0.717) is 0 Å². The van der Waals surface area contributed by atoms with Gasteiger partial charge in [-0.2, -0.15) is 0 Å². The average molecular weight is 405 g/mol. The molecule has 0 spiro atoms. The SMILES string of the molecule is CC.CC.CCOC(=O)CC(=O)CC(C)=O.CCOC(=O)CC(=O)NC(C)=O. The number of hydrogen-bond acceptors (Lipinski definition) is 8. The molecule has 0 heterocycles. The Labute approximate surface area is 167 Å². The first kappa shape index (κ1) is 33.0. The summed E-state index contributed by atoms with van der Waals surface area (Å²) < 4.78 is 9.01. The molecular weight excluding hydrogens is 370 g/mol. The number of hydrogen-bond donors (Lipinski definition) is 1. The van der Waals surface area contributed by atoms with Gasteiger partial charge in [0.15, 0.2) is 5.78 Å². The van der Waals surface area contributed by atoms with Gasteiger partial charge < -0.3 is 9.47 Å². The molecule has 0 aromatic carbocycles. The summed E-state index contributed by atoms with van der Waals surface area (Å²) in [5.74, 6) is -2.93. The molecule has 0 aliphatic carbocycles. The molecule has 0 fully saturated rings. The fourth-order valence-corrected chi connectivity index (χ4v) is 1.30. The Kier molecular flexibility index (Phi) is 28.8. The van der Waals surface area contributed by atoms with Crippen LogP contribution in [0, 0.1) is 0 Å². The number of carbonyl (C=O) groups is 6. The number of amides is 2. The predicted octanol–water partition coefficient (Wildman–Crippen LogP) is 2.14. The van der Waals surface area contributed by atoms with Crippen LogP contribution in [0.25, 0.3) is 0 Å². The van der Waals surface area contributed by atoms with Gasteiger partial charge in [-0.15, -0.1) is 0 Å². The minimum absolute atomic E-state index is 0.182. The van der Waals surface area contributed by atoms with Gasteiger partial charge in [-0.1, -0.05) is 27.7 Å². The topological polar surface area (TPSA) is 133 Å². The van der Waals surface area contributed by atoms with Gasteiger partial charge in [0.2, 0.25) is 11.8 Å². The molecule has 0 saturated heterocycles. The summed E-state index contributed by atoms with van der Waals surface area (Å²) in [7, 11) is 0. The molecule has 0 saturated carbocycles. The summed E-state index contributed by atoms with van der Waals surface area (Å²) >= 11 is 0. The molecule has 9 heteroatoms. The lowest BCUT2D eigenvalue weighted by atomic mass is 10.2. The van der Waals surface area contributed by atoms with Crippen molar-refractivity contribution in [1.29, 1.82) is 0 Å². The maximum Gasteiger partial charge on any atom is 0.315 e. The Morgan fingerprint density at radius 2 is 1.07 bits per heavy atom. The van der Waals surface area contributed by atoms with Crippen molar-refractivity contribution >= 4 is 35.3 Å². The molecule has 9 nitrogen and oxygen atoms in total. The van der Waals surface area contributed by atoms with Gasteiger partial charge >= 0.3 is 11.9 Å². The van der Waals surface area contributed by atoms with E-state index in [1.54, 1.807) is 13.8 Å². The van der Waals surface area contributed by atoms with Crippen molar-refractivity contribution in [1.82, 2.24) is 5.32 Å². The highest BCUT2D eigenvalue weighted by Crippen LogP contribution is 1.93. The van der Waals surface area contributed by atoms with E-state index in [-0.39, 0.29) is 37.6 Å². The monoisotopic (exact) mass is 405 g/mol. The smallest absolute Gasteiger partial charge is 0.315 e. The third kappa shape index (κ3) is 31.2. The molecular formula is C19H35NO8. The van der Waals surface area contributed by atoms with E-state index in [1.807, 2.05) is 33.0 Å². The van der Waals surface area contributed by atoms with Gasteiger partial charge in [0, 0.05) is 6.92 Å². The largest absolute Gasteiger partial charge is 0.466 e. The highest BCUT2D eigenvalue weighted by Gasteiger charge is 2.11. The van der Waals surface area contributed by atoms with Crippen molar-refractivity contribution in [3.05, 3.63) is 0 Å². The first-order valence-electron chi connectivity index (χ1n) is 9.25. The van der Waals surface area contributed by atoms with E-state index in [4.69, 9.17) is 0 Å². The van der Waals surface area contributed by atoms with Crippen LogP contribution in [0.5, 0.6) is 0 Å². The molecule has 164 valence electrons. The summed E-state index contributed by atoms with van der Waals surface area (Å²) in [5, 5.41) is 1.95. The molecule has 28 heavy (non-hydrogen) atoms. The third-order valence-electron chi connectivity index (χ3n) is 2.02. The Morgan fingerprint density at radius 1 is 0.679 bits per heavy atom. The third-order valence-corrected chi connectivity index (χ3v) is 2.02. The van der Waals surface area contributed by atoms with Crippen molar-refractivity contribution in [2.24, 2.45) is 0 Å². The Bertz CT molecular complexity index is 442. The van der Waals surface area contributed by atoms with Gasteiger partial charge in [0.25, 0.3) is 0 Å². The molecule has 0 rings (SSSR count). The van der Waals surface area contributed by atoms with Crippen LogP contribution in [0.4, 0.5) is 0 Å². The van der Waals surface area contributed by atoms with Gasteiger partial charge in [0.1, 0.15) is 18.6 Å². The number of imide groups is 1. The molecule has 2 amide bonds. The minimum Gasteiger partial charge on any atom is -0.466 e. The number of rotatable bonds is 8. The number of esters is 2. The van der Waals surface area contributed by atoms with Gasteiger partial charge in [-0.3, -0.25) is 34.1 Å². The fraction of sp³-hybridized carbons (Fsp3) is 0.684. The lowest BCUT2D eigenvalue weighted by Gasteiger charge is -2.00. The van der Waals surface area contributed by atoms with Crippen LogP contribution in [0.3, 0.4) is 0 Å². The molecule has 0 aliphatic rings. The number of ether oxygens (including phenoxy) is 2. The summed E-state index contributed by atoms with van der Waals surface area (Å²) in [4.78, 5) is 63.6. The quantitative estimate of drug-likeness (QED) is 0.480. The van der Waals surface area contributed by atoms with Crippen molar-refractivity contribution < 1.29 is 38.2 Å². The molecule has 0 aromatic heterocycles. The van der Waals surface area contributed by atoms with E-state index in [2.05, 4.69) is 9.47 Å². The zero-order chi connectivity index (χ0) is 23.1. The van der Waals surface area contributed by atoms with E-state index in [9.17, 15) is 28.8 Å². The van der Waals surface area contributed by atoms with Crippen molar-refractivity contribution in [3.63, 3.8) is 0 Å². The fourth-order valence-electron chi connectivity index (χ4n) is 1.30. The van der Waals surface area contributed by atoms with Crippen LogP contribution in [0.2, 0.25) is 0 Å². The second kappa shape index (κ2) is 24.4. The Balaban J connectivity index is -0.000000174. The lowest BCUT2D eigenvalue weighted by molar-refractivity contribution is -0.147. The molecule has 0 bridgehead atoms. The van der Waals surface area contributed by atoms with Crippen LogP contribution in [-0.4, -0.2) is 48.5 Å². The number of carbonyl (C=O) groups excluding carboxylic acids is 6. The van der Waals surface area contributed by atoms with E-state index in [1.165, 1.54) is 13.8 Å². The summed E-state index contributed by atoms with van der Waals surface area (Å²) in [6, 6.07) is 0. The Hall–Kier alpha value is -2.58. The molecule has 0 atom stereocenters. The summed E-state index contributed by atoms with van der Waals surface area (Å²) in [6.07, 6.45) is -0.889. The summed E-state index contributed by atoms with van der Waals surface area (Å²) in [6.45, 7) is 14.3. The minimum atomic E-state index is -0.638. The first-order valence-corrected chi connectivity index (χ1v) is 9.25. The van der Waals surface area contributed by atoms with Gasteiger partial charge in [-0.05, 0) is 20.8 Å². The standard InChI is InChI=1S/C8H12O4.C7H11NO4.2C2H6/c1-3-12-8(11)5-7(10)4-6(2)9;1-3-12-7(11)4-6(10)8-5(2)9;2*1-2/h3-5H2,1-2H3;3-4H2,1-2H3,(H,8,9,10);2*1-2H3. The van der Waals surface area contributed by atoms with Gasteiger partial charge in [0.05, 0.1) is 19.6 Å². The number of nitrogens with one attached hydrogen (secondary N) is 1. The zero-order valence-electron chi connectivity index (χ0n) is 18.3. The second-order valence-electron chi connectivity index (χ2n) is 4.49. The number of Topliss-reactive ketones (excluding diaryl/α,β-unsaturated/α-hetero) is 2. The highest BCUT2D eigenvalue weighted by molar-refractivity contribution is 6.05. The molecule has 0 radical (unpaired) electrons. The molecule has 1 N–H and O–H groups in total. The van der Waals surface area contributed by atoms with Crippen LogP contribution in [0.1, 0.15) is 74.7 Å². The molecule has 0 aromatic rings. The van der Waals surface area contributed by atoms with Crippen molar-refractivity contribution in [2.45, 2.75) is 74.7 Å². The molecule has 0 unspecified atom stereocenters. The van der Waals surface area contributed by atoms with Crippen LogP contribution < -0.4 is 5.32 Å². The van der Waals surface area contributed by atoms with Crippen molar-refractivity contribution in [3.8, 4) is 0 Å². The zero-order valence-corrected chi connectivity index (χ0v) is 18.3. The average Bonchev–Trinajstić information content (AvgIpc) is 2.57. The maximum absolute atomic E-state index is 10.8. The van der Waals surface area contributed by atoms with Crippen LogP contribution in [0.15, 0.2) is 0 Å². The van der Waals surface area contributed by atoms with E-state index >= 15 is 0 Å². The summed E-state index contributed by atoms with van der Waals surface area (Å²) in [5.41, 5.74) is 0. The Morgan fingerprint density at radius 3 is 1.39 bits per heavy atom. The maximum atomic E-state index is 10.8. The predicted molar refractivity (Wildman–Crippen MR) is 104 cm³/mol. The van der Waals surface area contributed by atoms with Crippen molar-refractivity contribution in [2.75, 3.05) is 13.2 Å². The first-order chi connectivity index (χ1) is 13.1. The normalized spacial score (nSPS) is 8.14. The van der Waals surface area contributed by atoms with Crippen LogP contribution >= 0.6 is 0 Å². The van der Waals surface area contributed by atoms with Crippen LogP contribution in [-0.2, 0) is 38.2 Å². The van der Waals surface area contributed by atoms with E-state index in [0.717, 1.165) is 0 Å². The van der Waals surface area contributed by atoms with Gasteiger partial charge in [-0.25, -0.2) is 0 Å². The molecule has 0 aliphatic heterocycles. The highest BCUT2D eigenvalue weighted by atomic mass is 16.5. The number of ketones is 2. The van der Waals surface area contributed by atoms with E-state index < -0.39 is 30.2 Å². The second-order valence-corrected chi connectivity index (χ2v) is 4.49.